The summed E-state index contributed by atoms with van der Waals surface area (Å²) in [5, 5.41) is 2.95. The Labute approximate surface area is 171 Å². The third kappa shape index (κ3) is 6.59. The second-order valence-corrected chi connectivity index (χ2v) is 6.97. The number of carbonyl (C=O) groups is 2. The van der Waals surface area contributed by atoms with Crippen molar-refractivity contribution in [3.8, 4) is 5.75 Å². The van der Waals surface area contributed by atoms with Crippen LogP contribution in [0.5, 0.6) is 5.75 Å². The van der Waals surface area contributed by atoms with Crippen LogP contribution >= 0.6 is 0 Å². The highest BCUT2D eigenvalue weighted by molar-refractivity contribution is 5.88. The molecule has 0 unspecified atom stereocenters. The largest absolute Gasteiger partial charge is 0.481 e. The van der Waals surface area contributed by atoms with E-state index in [0.717, 1.165) is 12.0 Å². The molecule has 0 saturated heterocycles. The zero-order valence-electron chi connectivity index (χ0n) is 17.2. The standard InChI is InChI=1S/C23H29FN2O3/c1-4-17(3)25-23(28)20(5-2)26(15-18-11-7-6-8-12-18)22(27)16-29-21-14-10-9-13-19(21)24/h6-14,17,20H,4-5,15-16H2,1-3H3,(H,25,28)/t17-,20-/m0/s1. The summed E-state index contributed by atoms with van der Waals surface area (Å²) in [7, 11) is 0. The Hall–Kier alpha value is -2.89. The number of ether oxygens (including phenoxy) is 1. The molecule has 2 aromatic rings. The van der Waals surface area contributed by atoms with E-state index >= 15 is 0 Å². The van der Waals surface area contributed by atoms with Gasteiger partial charge in [0.05, 0.1) is 0 Å². The second kappa shape index (κ2) is 11.2. The number of para-hydroxylation sites is 1. The second-order valence-electron chi connectivity index (χ2n) is 6.97. The number of nitrogens with one attached hydrogen (secondary N) is 1. The van der Waals surface area contributed by atoms with Crippen LogP contribution in [0.3, 0.4) is 0 Å². The van der Waals surface area contributed by atoms with Gasteiger partial charge in [-0.15, -0.1) is 0 Å². The minimum atomic E-state index is -0.638. The maximum atomic E-state index is 13.8. The van der Waals surface area contributed by atoms with Crippen molar-refractivity contribution >= 4 is 11.8 Å². The number of carbonyl (C=O) groups excluding carboxylic acids is 2. The SMILES string of the molecule is CC[C@H](C)NC(=O)[C@H](CC)N(Cc1ccccc1)C(=O)COc1ccccc1F. The first kappa shape index (κ1) is 22.4. The molecule has 2 aromatic carbocycles. The maximum absolute atomic E-state index is 13.8. The Balaban J connectivity index is 2.19. The van der Waals surface area contributed by atoms with Gasteiger partial charge in [0.1, 0.15) is 6.04 Å². The molecule has 0 bridgehead atoms. The summed E-state index contributed by atoms with van der Waals surface area (Å²) >= 11 is 0. The average Bonchev–Trinajstić information content (AvgIpc) is 2.73. The quantitative estimate of drug-likeness (QED) is 0.657. The first-order chi connectivity index (χ1) is 14.0. The number of halogens is 1. The molecule has 0 fully saturated rings. The Morgan fingerprint density at radius 1 is 1.03 bits per heavy atom. The van der Waals surface area contributed by atoms with Crippen LogP contribution in [-0.4, -0.2) is 35.4 Å². The lowest BCUT2D eigenvalue weighted by Crippen LogP contribution is -2.51. The predicted molar refractivity (Wildman–Crippen MR) is 111 cm³/mol. The minimum Gasteiger partial charge on any atom is -0.481 e. The fraction of sp³-hybridized carbons (Fsp3) is 0.391. The third-order valence-electron chi connectivity index (χ3n) is 4.77. The Morgan fingerprint density at radius 2 is 1.69 bits per heavy atom. The fourth-order valence-corrected chi connectivity index (χ4v) is 2.92. The monoisotopic (exact) mass is 400 g/mol. The van der Waals surface area contributed by atoms with E-state index in [1.807, 2.05) is 51.1 Å². The van der Waals surface area contributed by atoms with Gasteiger partial charge in [-0.1, -0.05) is 56.3 Å². The summed E-state index contributed by atoms with van der Waals surface area (Å²) in [5.41, 5.74) is 0.904. The van der Waals surface area contributed by atoms with Crippen molar-refractivity contribution in [1.82, 2.24) is 10.2 Å². The van der Waals surface area contributed by atoms with E-state index in [0.29, 0.717) is 6.42 Å². The van der Waals surface area contributed by atoms with Crippen LogP contribution in [0.2, 0.25) is 0 Å². The minimum absolute atomic E-state index is 0.0117. The molecule has 0 aliphatic heterocycles. The summed E-state index contributed by atoms with van der Waals surface area (Å²) in [6.45, 7) is 5.70. The van der Waals surface area contributed by atoms with Crippen molar-refractivity contribution < 1.29 is 18.7 Å². The number of nitrogens with zero attached hydrogens (tertiary/aromatic N) is 1. The highest BCUT2D eigenvalue weighted by atomic mass is 19.1. The van der Waals surface area contributed by atoms with Crippen molar-refractivity contribution in [3.05, 3.63) is 66.0 Å². The van der Waals surface area contributed by atoms with Crippen molar-refractivity contribution in [1.29, 1.82) is 0 Å². The normalized spacial score (nSPS) is 12.7. The van der Waals surface area contributed by atoms with Gasteiger partial charge in [-0.25, -0.2) is 4.39 Å². The van der Waals surface area contributed by atoms with Gasteiger partial charge in [0.15, 0.2) is 18.2 Å². The van der Waals surface area contributed by atoms with Gasteiger partial charge < -0.3 is 15.0 Å². The Bertz CT molecular complexity index is 798. The molecule has 6 heteroatoms. The van der Waals surface area contributed by atoms with E-state index < -0.39 is 11.9 Å². The highest BCUT2D eigenvalue weighted by Crippen LogP contribution is 2.17. The third-order valence-corrected chi connectivity index (χ3v) is 4.77. The first-order valence-electron chi connectivity index (χ1n) is 9.97. The van der Waals surface area contributed by atoms with Crippen molar-refractivity contribution in [2.24, 2.45) is 0 Å². The fourth-order valence-electron chi connectivity index (χ4n) is 2.92. The first-order valence-corrected chi connectivity index (χ1v) is 9.97. The van der Waals surface area contributed by atoms with Crippen molar-refractivity contribution in [2.45, 2.75) is 52.2 Å². The van der Waals surface area contributed by atoms with Gasteiger partial charge in [-0.3, -0.25) is 9.59 Å². The molecule has 0 radical (unpaired) electrons. The van der Waals surface area contributed by atoms with Gasteiger partial charge in [-0.2, -0.15) is 0 Å². The van der Waals surface area contributed by atoms with Gasteiger partial charge in [0.25, 0.3) is 5.91 Å². The van der Waals surface area contributed by atoms with Crippen LogP contribution in [0, 0.1) is 5.82 Å². The van der Waals surface area contributed by atoms with Crippen LogP contribution in [-0.2, 0) is 16.1 Å². The molecule has 156 valence electrons. The van der Waals surface area contributed by atoms with E-state index in [4.69, 9.17) is 4.74 Å². The number of hydrogen-bond donors (Lipinski definition) is 1. The van der Waals surface area contributed by atoms with Gasteiger partial charge in [0, 0.05) is 12.6 Å². The summed E-state index contributed by atoms with van der Waals surface area (Å²) in [4.78, 5) is 27.3. The summed E-state index contributed by atoms with van der Waals surface area (Å²) < 4.78 is 19.2. The van der Waals surface area contributed by atoms with Crippen molar-refractivity contribution in [2.75, 3.05) is 6.61 Å². The van der Waals surface area contributed by atoms with Crippen LogP contribution in [0.25, 0.3) is 0 Å². The molecule has 0 aliphatic rings. The smallest absolute Gasteiger partial charge is 0.261 e. The topological polar surface area (TPSA) is 58.6 Å². The van der Waals surface area contributed by atoms with E-state index in [1.54, 1.807) is 12.1 Å². The van der Waals surface area contributed by atoms with E-state index in [-0.39, 0.29) is 36.8 Å². The van der Waals surface area contributed by atoms with E-state index in [9.17, 15) is 14.0 Å². The number of amides is 2. The molecule has 1 N–H and O–H groups in total. The van der Waals surface area contributed by atoms with Crippen LogP contribution < -0.4 is 10.1 Å². The van der Waals surface area contributed by atoms with Crippen LogP contribution in [0.4, 0.5) is 4.39 Å². The number of benzene rings is 2. The lowest BCUT2D eigenvalue weighted by atomic mass is 10.1. The lowest BCUT2D eigenvalue weighted by Gasteiger charge is -2.31. The zero-order chi connectivity index (χ0) is 21.2. The average molecular weight is 400 g/mol. The summed E-state index contributed by atoms with van der Waals surface area (Å²) in [5.74, 6) is -1.09. The molecule has 0 aromatic heterocycles. The molecule has 0 heterocycles. The molecule has 29 heavy (non-hydrogen) atoms. The number of rotatable bonds is 10. The predicted octanol–water partition coefficient (Wildman–Crippen LogP) is 3.93. The Morgan fingerprint density at radius 3 is 2.31 bits per heavy atom. The van der Waals surface area contributed by atoms with E-state index in [2.05, 4.69) is 5.32 Å². The van der Waals surface area contributed by atoms with Crippen molar-refractivity contribution in [3.63, 3.8) is 0 Å². The maximum Gasteiger partial charge on any atom is 0.261 e. The summed E-state index contributed by atoms with van der Waals surface area (Å²) in [6, 6.07) is 14.8. The van der Waals surface area contributed by atoms with Gasteiger partial charge in [-0.05, 0) is 37.5 Å². The number of hydrogen-bond acceptors (Lipinski definition) is 3. The molecule has 2 atom stereocenters. The molecule has 2 amide bonds. The molecule has 5 nitrogen and oxygen atoms in total. The summed E-state index contributed by atoms with van der Waals surface area (Å²) in [6.07, 6.45) is 1.26. The molecular weight excluding hydrogens is 371 g/mol. The van der Waals surface area contributed by atoms with Crippen LogP contribution in [0.15, 0.2) is 54.6 Å². The molecule has 2 rings (SSSR count). The van der Waals surface area contributed by atoms with Gasteiger partial charge in [0.2, 0.25) is 5.91 Å². The van der Waals surface area contributed by atoms with Crippen LogP contribution in [0.1, 0.15) is 39.2 Å². The molecule has 0 spiro atoms. The Kier molecular flexibility index (Phi) is 8.65. The highest BCUT2D eigenvalue weighted by Gasteiger charge is 2.29. The lowest BCUT2D eigenvalue weighted by molar-refractivity contribution is -0.143. The molecule has 0 aliphatic carbocycles. The van der Waals surface area contributed by atoms with E-state index in [1.165, 1.54) is 17.0 Å². The zero-order valence-corrected chi connectivity index (χ0v) is 17.2. The molecule has 0 saturated carbocycles. The molecular formula is C23H29FN2O3. The van der Waals surface area contributed by atoms with Gasteiger partial charge >= 0.3 is 0 Å².